The van der Waals surface area contributed by atoms with Gasteiger partial charge in [-0.1, -0.05) is 36.4 Å². The minimum Gasteiger partial charge on any atom is -0.493 e. The molecule has 2 aliphatic heterocycles. The highest BCUT2D eigenvalue weighted by Crippen LogP contribution is 2.68. The van der Waals surface area contributed by atoms with Crippen LogP contribution in [0.4, 0.5) is 4.79 Å². The molecular formula is C25H27NO4. The summed E-state index contributed by atoms with van der Waals surface area (Å²) in [6, 6.07) is 14.4. The van der Waals surface area contributed by atoms with Gasteiger partial charge < -0.3 is 14.2 Å². The van der Waals surface area contributed by atoms with Crippen LogP contribution >= 0.6 is 0 Å². The minimum absolute atomic E-state index is 0.0443. The molecule has 1 saturated heterocycles. The Morgan fingerprint density at radius 3 is 2.10 bits per heavy atom. The molecule has 0 spiro atoms. The zero-order valence-electron chi connectivity index (χ0n) is 18.0. The normalized spacial score (nSPS) is 25.8. The fourth-order valence-corrected chi connectivity index (χ4v) is 5.29. The van der Waals surface area contributed by atoms with Gasteiger partial charge in [-0.25, -0.2) is 4.79 Å². The first kappa shape index (κ1) is 19.0. The first-order valence-corrected chi connectivity index (χ1v) is 10.4. The molecular weight excluding hydrogens is 378 g/mol. The molecule has 5 heteroatoms. The van der Waals surface area contributed by atoms with Gasteiger partial charge in [-0.05, 0) is 55.2 Å². The van der Waals surface area contributed by atoms with Gasteiger partial charge in [-0.15, -0.1) is 0 Å². The van der Waals surface area contributed by atoms with E-state index >= 15 is 0 Å². The zero-order valence-corrected chi connectivity index (χ0v) is 18.0. The molecule has 156 valence electrons. The van der Waals surface area contributed by atoms with Gasteiger partial charge in [0, 0.05) is 11.8 Å². The number of rotatable bonds is 3. The third-order valence-corrected chi connectivity index (χ3v) is 6.39. The van der Waals surface area contributed by atoms with Crippen LogP contribution in [0.2, 0.25) is 0 Å². The van der Waals surface area contributed by atoms with Crippen LogP contribution in [0.5, 0.6) is 11.5 Å². The van der Waals surface area contributed by atoms with E-state index in [0.717, 1.165) is 11.1 Å². The number of carbonyl (C=O) groups excluding carboxylic acids is 1. The molecule has 3 aliphatic rings. The standard InChI is InChI=1S/C25H27NO4/c1-25(2,3)30-24(27)26-22-16-12-19(28-4)20(29-5)13-17(16)23(26)21-15(11-18(21)22)14-9-7-6-8-10-14/h6-13,18,21-23H,1-5H3/t18?,21?,22-,23+/m1/s1. The monoisotopic (exact) mass is 405 g/mol. The van der Waals surface area contributed by atoms with Crippen LogP contribution in [0, 0.1) is 11.8 Å². The van der Waals surface area contributed by atoms with Crippen LogP contribution in [0.15, 0.2) is 48.5 Å². The summed E-state index contributed by atoms with van der Waals surface area (Å²) in [6.45, 7) is 5.72. The van der Waals surface area contributed by atoms with Gasteiger partial charge in [0.25, 0.3) is 0 Å². The van der Waals surface area contributed by atoms with Crippen molar-refractivity contribution in [2.75, 3.05) is 14.2 Å². The molecule has 4 atom stereocenters. The molecule has 2 aromatic rings. The molecule has 2 heterocycles. The summed E-state index contributed by atoms with van der Waals surface area (Å²) in [5.41, 5.74) is 4.24. The maximum atomic E-state index is 13.3. The Kier molecular flexibility index (Phi) is 4.14. The number of hydrogen-bond acceptors (Lipinski definition) is 4. The number of nitrogens with zero attached hydrogens (tertiary/aromatic N) is 1. The highest BCUT2D eigenvalue weighted by Gasteiger charge is 2.62. The third-order valence-electron chi connectivity index (χ3n) is 6.39. The van der Waals surface area contributed by atoms with Crippen LogP contribution in [0.3, 0.4) is 0 Å². The Morgan fingerprint density at radius 1 is 0.933 bits per heavy atom. The van der Waals surface area contributed by atoms with E-state index in [1.807, 2.05) is 43.9 Å². The first-order valence-electron chi connectivity index (χ1n) is 10.4. The molecule has 1 amide bonds. The Bertz CT molecular complexity index is 1040. The smallest absolute Gasteiger partial charge is 0.411 e. The van der Waals surface area contributed by atoms with Crippen molar-refractivity contribution in [1.29, 1.82) is 0 Å². The van der Waals surface area contributed by atoms with Crippen LogP contribution in [-0.4, -0.2) is 30.8 Å². The van der Waals surface area contributed by atoms with Gasteiger partial charge in [-0.2, -0.15) is 0 Å². The van der Waals surface area contributed by atoms with Crippen molar-refractivity contribution in [2.24, 2.45) is 11.8 Å². The highest BCUT2D eigenvalue weighted by atomic mass is 16.6. The quantitative estimate of drug-likeness (QED) is 0.688. The van der Waals surface area contributed by atoms with E-state index < -0.39 is 5.60 Å². The van der Waals surface area contributed by atoms with Crippen LogP contribution in [0.1, 0.15) is 49.5 Å². The lowest BCUT2D eigenvalue weighted by Gasteiger charge is -2.38. The average molecular weight is 405 g/mol. The van der Waals surface area contributed by atoms with E-state index in [9.17, 15) is 4.79 Å². The van der Waals surface area contributed by atoms with Crippen molar-refractivity contribution >= 4 is 11.7 Å². The SMILES string of the molecule is COc1cc2c(cc1OC)[C@H]1C3C(c4ccccc4)=CC3[C@@H]2N1C(=O)OC(C)(C)C. The highest BCUT2D eigenvalue weighted by molar-refractivity contribution is 5.82. The van der Waals surface area contributed by atoms with Crippen LogP contribution < -0.4 is 9.47 Å². The van der Waals surface area contributed by atoms with Gasteiger partial charge in [0.2, 0.25) is 0 Å². The minimum atomic E-state index is -0.546. The number of fused-ring (bicyclic) bond motifs is 8. The Morgan fingerprint density at radius 2 is 1.53 bits per heavy atom. The third kappa shape index (κ3) is 2.64. The van der Waals surface area contributed by atoms with Gasteiger partial charge in [0.05, 0.1) is 26.3 Å². The van der Waals surface area contributed by atoms with Crippen molar-refractivity contribution < 1.29 is 19.0 Å². The largest absolute Gasteiger partial charge is 0.493 e. The predicted molar refractivity (Wildman–Crippen MR) is 115 cm³/mol. The van der Waals surface area contributed by atoms with Crippen molar-refractivity contribution in [2.45, 2.75) is 38.5 Å². The summed E-state index contributed by atoms with van der Waals surface area (Å²) in [7, 11) is 3.28. The molecule has 1 fully saturated rings. The summed E-state index contributed by atoms with van der Waals surface area (Å²) in [5.74, 6) is 1.92. The lowest BCUT2D eigenvalue weighted by Crippen LogP contribution is -2.35. The molecule has 0 aromatic heterocycles. The zero-order chi connectivity index (χ0) is 21.2. The van der Waals surface area contributed by atoms with Gasteiger partial charge in [-0.3, -0.25) is 4.90 Å². The predicted octanol–water partition coefficient (Wildman–Crippen LogP) is 5.38. The molecule has 30 heavy (non-hydrogen) atoms. The number of hydrogen-bond donors (Lipinski definition) is 0. The number of benzene rings is 2. The lowest BCUT2D eigenvalue weighted by atomic mass is 9.63. The van der Waals surface area contributed by atoms with Gasteiger partial charge in [0.1, 0.15) is 5.60 Å². The second-order valence-corrected chi connectivity index (χ2v) is 9.20. The molecule has 0 N–H and O–H groups in total. The van der Waals surface area contributed by atoms with E-state index in [0.29, 0.717) is 11.5 Å². The fourth-order valence-electron chi connectivity index (χ4n) is 5.29. The number of methoxy groups -OCH3 is 2. The summed E-state index contributed by atoms with van der Waals surface area (Å²) in [5, 5.41) is 0. The fraction of sp³-hybridized carbons (Fsp3) is 0.400. The summed E-state index contributed by atoms with van der Waals surface area (Å²) < 4.78 is 16.9. The van der Waals surface area contributed by atoms with E-state index in [1.54, 1.807) is 14.2 Å². The maximum absolute atomic E-state index is 13.3. The summed E-state index contributed by atoms with van der Waals surface area (Å²) in [6.07, 6.45) is 2.06. The Hall–Kier alpha value is -2.95. The van der Waals surface area contributed by atoms with E-state index in [-0.39, 0.29) is 30.0 Å². The van der Waals surface area contributed by atoms with E-state index in [1.165, 1.54) is 11.1 Å². The number of amides is 1. The molecule has 2 unspecified atom stereocenters. The molecule has 1 aliphatic carbocycles. The Labute approximate surface area is 177 Å². The second kappa shape index (κ2) is 6.53. The molecule has 0 radical (unpaired) electrons. The molecule has 0 saturated carbocycles. The average Bonchev–Trinajstić information content (AvgIpc) is 3.12. The molecule has 2 aromatic carbocycles. The maximum Gasteiger partial charge on any atom is 0.411 e. The van der Waals surface area contributed by atoms with Gasteiger partial charge in [0.15, 0.2) is 11.5 Å². The topological polar surface area (TPSA) is 48.0 Å². The van der Waals surface area contributed by atoms with Crippen LogP contribution in [0.25, 0.3) is 5.57 Å². The van der Waals surface area contributed by atoms with Crippen LogP contribution in [-0.2, 0) is 4.74 Å². The number of ether oxygens (including phenoxy) is 3. The summed E-state index contributed by atoms with van der Waals surface area (Å²) in [4.78, 5) is 15.2. The Balaban J connectivity index is 1.60. The second-order valence-electron chi connectivity index (χ2n) is 9.20. The van der Waals surface area contributed by atoms with Crippen molar-refractivity contribution in [3.8, 4) is 11.5 Å². The van der Waals surface area contributed by atoms with Crippen molar-refractivity contribution in [3.63, 3.8) is 0 Å². The molecule has 2 bridgehead atoms. The first-order chi connectivity index (χ1) is 14.3. The number of carbonyl (C=O) groups is 1. The lowest BCUT2D eigenvalue weighted by molar-refractivity contribution is 0.0166. The molecule has 5 nitrogen and oxygen atoms in total. The summed E-state index contributed by atoms with van der Waals surface area (Å²) >= 11 is 0. The van der Waals surface area contributed by atoms with Gasteiger partial charge >= 0.3 is 6.09 Å². The van der Waals surface area contributed by atoms with Crippen molar-refractivity contribution in [3.05, 3.63) is 65.2 Å². The van der Waals surface area contributed by atoms with Crippen molar-refractivity contribution in [1.82, 2.24) is 4.90 Å². The van der Waals surface area contributed by atoms with E-state index in [2.05, 4.69) is 30.3 Å². The molecule has 5 rings (SSSR count). The van der Waals surface area contributed by atoms with E-state index in [4.69, 9.17) is 14.2 Å².